The first kappa shape index (κ1) is 14.8. The Morgan fingerprint density at radius 3 is 3.00 bits per heavy atom. The molecule has 2 rings (SSSR count). The second-order valence-corrected chi connectivity index (χ2v) is 4.59. The van der Waals surface area contributed by atoms with Crippen molar-refractivity contribution in [1.29, 1.82) is 0 Å². The molecule has 112 valence electrons. The number of carbonyl (C=O) groups is 3. The van der Waals surface area contributed by atoms with Gasteiger partial charge in [0.1, 0.15) is 12.6 Å². The molecule has 1 aromatic heterocycles. The van der Waals surface area contributed by atoms with Crippen molar-refractivity contribution < 1.29 is 19.1 Å². The number of primary amides is 1. The number of amides is 3. The smallest absolute Gasteiger partial charge is 0.410 e. The van der Waals surface area contributed by atoms with E-state index in [-0.39, 0.29) is 32.0 Å². The third-order valence-corrected chi connectivity index (χ3v) is 3.02. The Hall–Kier alpha value is -2.64. The molecule has 1 aromatic rings. The van der Waals surface area contributed by atoms with E-state index in [2.05, 4.69) is 10.3 Å². The molecule has 1 aliphatic heterocycles. The molecule has 0 spiro atoms. The van der Waals surface area contributed by atoms with Crippen LogP contribution in [-0.2, 0) is 20.9 Å². The molecule has 3 amide bonds. The molecule has 0 saturated carbocycles. The number of ether oxygens (including phenoxy) is 1. The lowest BCUT2D eigenvalue weighted by Crippen LogP contribution is -2.46. The van der Waals surface area contributed by atoms with Gasteiger partial charge in [-0.1, -0.05) is 6.07 Å². The normalized spacial score (nSPS) is 17.4. The van der Waals surface area contributed by atoms with Crippen LogP contribution in [-0.4, -0.2) is 47.0 Å². The van der Waals surface area contributed by atoms with E-state index in [9.17, 15) is 14.4 Å². The Morgan fingerprint density at radius 2 is 2.33 bits per heavy atom. The Bertz CT molecular complexity index is 534. The summed E-state index contributed by atoms with van der Waals surface area (Å²) in [5, 5.41) is 2.56. The van der Waals surface area contributed by atoms with E-state index in [1.165, 1.54) is 4.90 Å². The molecule has 3 N–H and O–H groups in total. The lowest BCUT2D eigenvalue weighted by Gasteiger charge is -2.20. The number of aromatic nitrogens is 1. The molecule has 0 aromatic carbocycles. The Morgan fingerprint density at radius 1 is 1.52 bits per heavy atom. The first-order valence-corrected chi connectivity index (χ1v) is 6.46. The number of rotatable bonds is 6. The van der Waals surface area contributed by atoms with Crippen LogP contribution in [0, 0.1) is 0 Å². The van der Waals surface area contributed by atoms with Crippen LogP contribution in [0.15, 0.2) is 24.5 Å². The molecule has 0 unspecified atom stereocenters. The highest BCUT2D eigenvalue weighted by atomic mass is 16.6. The Balaban J connectivity index is 1.96. The summed E-state index contributed by atoms with van der Waals surface area (Å²) >= 11 is 0. The van der Waals surface area contributed by atoms with E-state index < -0.39 is 18.0 Å². The van der Waals surface area contributed by atoms with Gasteiger partial charge in [-0.05, 0) is 11.6 Å². The third kappa shape index (κ3) is 3.91. The molecular formula is C13H16N4O4. The summed E-state index contributed by atoms with van der Waals surface area (Å²) in [4.78, 5) is 39.6. The average Bonchev–Trinajstić information content (AvgIpc) is 2.81. The van der Waals surface area contributed by atoms with E-state index in [0.29, 0.717) is 0 Å². The maximum Gasteiger partial charge on any atom is 0.410 e. The van der Waals surface area contributed by atoms with Crippen molar-refractivity contribution in [1.82, 2.24) is 15.2 Å². The quantitative estimate of drug-likeness (QED) is 0.726. The van der Waals surface area contributed by atoms with E-state index in [0.717, 1.165) is 5.56 Å². The molecule has 1 fully saturated rings. The molecule has 0 bridgehead atoms. The van der Waals surface area contributed by atoms with Gasteiger partial charge in [-0.3, -0.25) is 19.5 Å². The zero-order valence-corrected chi connectivity index (χ0v) is 11.3. The maximum absolute atomic E-state index is 12.0. The number of hydrogen-bond acceptors (Lipinski definition) is 5. The molecule has 1 atom stereocenters. The highest BCUT2D eigenvalue weighted by Crippen LogP contribution is 2.16. The van der Waals surface area contributed by atoms with Crippen molar-refractivity contribution in [3.63, 3.8) is 0 Å². The van der Waals surface area contributed by atoms with Gasteiger partial charge < -0.3 is 15.8 Å². The second kappa shape index (κ2) is 6.69. The van der Waals surface area contributed by atoms with Gasteiger partial charge in [-0.25, -0.2) is 4.79 Å². The first-order chi connectivity index (χ1) is 10.1. The van der Waals surface area contributed by atoms with Crippen LogP contribution < -0.4 is 11.1 Å². The predicted molar refractivity (Wildman–Crippen MR) is 71.7 cm³/mol. The number of nitrogens with zero attached hydrogens (tertiary/aromatic N) is 2. The summed E-state index contributed by atoms with van der Waals surface area (Å²) in [5.74, 6) is -0.868. The molecule has 0 radical (unpaired) electrons. The third-order valence-electron chi connectivity index (χ3n) is 3.02. The molecular weight excluding hydrogens is 276 g/mol. The maximum atomic E-state index is 12.0. The van der Waals surface area contributed by atoms with Gasteiger partial charge in [0.05, 0.1) is 6.54 Å². The van der Waals surface area contributed by atoms with E-state index >= 15 is 0 Å². The van der Waals surface area contributed by atoms with Crippen LogP contribution in [0.4, 0.5) is 4.79 Å². The lowest BCUT2D eigenvalue weighted by molar-refractivity contribution is -0.125. The topological polar surface area (TPSA) is 115 Å². The molecule has 2 heterocycles. The minimum atomic E-state index is -0.717. The summed E-state index contributed by atoms with van der Waals surface area (Å²) < 4.78 is 4.91. The summed E-state index contributed by atoms with van der Waals surface area (Å²) in [5.41, 5.74) is 5.79. The van der Waals surface area contributed by atoms with Gasteiger partial charge in [0.2, 0.25) is 11.8 Å². The van der Waals surface area contributed by atoms with Crippen LogP contribution >= 0.6 is 0 Å². The zero-order chi connectivity index (χ0) is 15.2. The van der Waals surface area contributed by atoms with Gasteiger partial charge >= 0.3 is 6.09 Å². The number of nitrogens with one attached hydrogen (secondary N) is 1. The molecule has 1 saturated heterocycles. The summed E-state index contributed by atoms with van der Waals surface area (Å²) in [6.45, 7) is 0.363. The van der Waals surface area contributed by atoms with Crippen LogP contribution in [0.5, 0.6) is 0 Å². The summed E-state index contributed by atoms with van der Waals surface area (Å²) in [6.07, 6.45) is 2.75. The number of cyclic esters (lactones) is 1. The fraction of sp³-hybridized carbons (Fsp3) is 0.385. The Labute approximate surface area is 121 Å². The summed E-state index contributed by atoms with van der Waals surface area (Å²) in [6, 6.07) is 2.84. The second-order valence-electron chi connectivity index (χ2n) is 4.59. The fourth-order valence-electron chi connectivity index (χ4n) is 1.96. The van der Waals surface area contributed by atoms with Gasteiger partial charge in [0.15, 0.2) is 0 Å². The minimum absolute atomic E-state index is 0.0124. The fourth-order valence-corrected chi connectivity index (χ4v) is 1.96. The van der Waals surface area contributed by atoms with E-state index in [1.807, 2.05) is 0 Å². The Kier molecular flexibility index (Phi) is 4.70. The van der Waals surface area contributed by atoms with Crippen molar-refractivity contribution in [2.75, 3.05) is 13.2 Å². The highest BCUT2D eigenvalue weighted by molar-refractivity contribution is 5.88. The van der Waals surface area contributed by atoms with E-state index in [1.54, 1.807) is 24.5 Å². The number of nitrogens with two attached hydrogens (primary N) is 1. The first-order valence-electron chi connectivity index (χ1n) is 6.46. The molecule has 0 aliphatic carbocycles. The van der Waals surface area contributed by atoms with Gasteiger partial charge in [-0.15, -0.1) is 0 Å². The van der Waals surface area contributed by atoms with Gasteiger partial charge in [0, 0.05) is 25.4 Å². The molecule has 1 aliphatic rings. The number of carbonyl (C=O) groups excluding carboxylic acids is 3. The van der Waals surface area contributed by atoms with E-state index in [4.69, 9.17) is 10.5 Å². The van der Waals surface area contributed by atoms with Crippen molar-refractivity contribution in [2.45, 2.75) is 19.0 Å². The zero-order valence-electron chi connectivity index (χ0n) is 11.3. The minimum Gasteiger partial charge on any atom is -0.447 e. The van der Waals surface area contributed by atoms with Crippen molar-refractivity contribution in [3.05, 3.63) is 30.1 Å². The van der Waals surface area contributed by atoms with Crippen LogP contribution in [0.1, 0.15) is 12.0 Å². The summed E-state index contributed by atoms with van der Waals surface area (Å²) in [7, 11) is 0. The SMILES string of the molecule is NC(=O)CCNC(=O)[C@@H]1COC(=O)N1Cc1cccnc1. The number of pyridine rings is 1. The highest BCUT2D eigenvalue weighted by Gasteiger charge is 2.37. The largest absolute Gasteiger partial charge is 0.447 e. The number of hydrogen-bond donors (Lipinski definition) is 2. The van der Waals surface area contributed by atoms with Crippen molar-refractivity contribution in [2.24, 2.45) is 5.73 Å². The molecule has 8 heteroatoms. The van der Waals surface area contributed by atoms with Gasteiger partial charge in [-0.2, -0.15) is 0 Å². The molecule has 8 nitrogen and oxygen atoms in total. The average molecular weight is 292 g/mol. The van der Waals surface area contributed by atoms with Crippen molar-refractivity contribution >= 4 is 17.9 Å². The predicted octanol–water partition coefficient (Wildman–Crippen LogP) is -0.606. The van der Waals surface area contributed by atoms with Crippen LogP contribution in [0.25, 0.3) is 0 Å². The lowest BCUT2D eigenvalue weighted by atomic mass is 10.2. The van der Waals surface area contributed by atoms with Crippen molar-refractivity contribution in [3.8, 4) is 0 Å². The van der Waals surface area contributed by atoms with Crippen LogP contribution in [0.2, 0.25) is 0 Å². The monoisotopic (exact) mass is 292 g/mol. The molecule has 21 heavy (non-hydrogen) atoms. The standard InChI is InChI=1S/C13H16N4O4/c14-11(18)3-5-16-12(19)10-8-21-13(20)17(10)7-9-2-1-4-15-6-9/h1-2,4,6,10H,3,5,7-8H2,(H2,14,18)(H,16,19)/t10-/m0/s1. The van der Waals surface area contributed by atoms with Gasteiger partial charge in [0.25, 0.3) is 0 Å². The van der Waals surface area contributed by atoms with Crippen LogP contribution in [0.3, 0.4) is 0 Å².